The number of ether oxygens (including phenoxy) is 1. The minimum Gasteiger partial charge on any atom is -0.489 e. The SMILES string of the molecule is O=[N+]([O-])c1ccc(COc2ccc(Br)cc2)c(Cl)c1. The molecule has 0 aromatic heterocycles. The summed E-state index contributed by atoms with van der Waals surface area (Å²) >= 11 is 9.31. The van der Waals surface area contributed by atoms with Gasteiger partial charge < -0.3 is 4.74 Å². The Morgan fingerprint density at radius 1 is 1.21 bits per heavy atom. The van der Waals surface area contributed by atoms with Gasteiger partial charge in [0, 0.05) is 22.2 Å². The number of nitro groups is 1. The molecule has 0 radical (unpaired) electrons. The first-order chi connectivity index (χ1) is 9.06. The summed E-state index contributed by atoms with van der Waals surface area (Å²) in [6.07, 6.45) is 0. The van der Waals surface area contributed by atoms with Crippen LogP contribution in [-0.4, -0.2) is 4.92 Å². The highest BCUT2D eigenvalue weighted by Crippen LogP contribution is 2.24. The molecule has 4 nitrogen and oxygen atoms in total. The van der Waals surface area contributed by atoms with Crippen LogP contribution in [0.15, 0.2) is 46.9 Å². The third-order valence-corrected chi connectivity index (χ3v) is 3.34. The molecule has 0 heterocycles. The van der Waals surface area contributed by atoms with Gasteiger partial charge in [-0.25, -0.2) is 0 Å². The van der Waals surface area contributed by atoms with Crippen LogP contribution in [-0.2, 0) is 6.61 Å². The fourth-order valence-corrected chi connectivity index (χ4v) is 1.95. The number of halogens is 2. The van der Waals surface area contributed by atoms with Gasteiger partial charge in [-0.05, 0) is 30.3 Å². The van der Waals surface area contributed by atoms with Gasteiger partial charge in [0.25, 0.3) is 5.69 Å². The summed E-state index contributed by atoms with van der Waals surface area (Å²) in [6, 6.07) is 11.7. The second-order valence-corrected chi connectivity index (χ2v) is 5.10. The summed E-state index contributed by atoms with van der Waals surface area (Å²) in [5.41, 5.74) is 0.674. The van der Waals surface area contributed by atoms with Gasteiger partial charge >= 0.3 is 0 Å². The summed E-state index contributed by atoms with van der Waals surface area (Å²) in [6.45, 7) is 0.262. The van der Waals surface area contributed by atoms with E-state index in [0.717, 1.165) is 4.47 Å². The van der Waals surface area contributed by atoms with Crippen molar-refractivity contribution in [2.24, 2.45) is 0 Å². The normalized spacial score (nSPS) is 10.2. The molecule has 0 amide bonds. The predicted octanol–water partition coefficient (Wildman–Crippen LogP) is 4.59. The van der Waals surface area contributed by atoms with E-state index in [2.05, 4.69) is 15.9 Å². The smallest absolute Gasteiger partial charge is 0.270 e. The van der Waals surface area contributed by atoms with Crippen LogP contribution in [0.3, 0.4) is 0 Å². The fourth-order valence-electron chi connectivity index (χ4n) is 1.46. The summed E-state index contributed by atoms with van der Waals surface area (Å²) in [5, 5.41) is 10.9. The van der Waals surface area contributed by atoms with E-state index in [0.29, 0.717) is 16.3 Å². The fraction of sp³-hybridized carbons (Fsp3) is 0.0769. The van der Waals surface area contributed by atoms with Crippen LogP contribution < -0.4 is 4.74 Å². The molecule has 0 unspecified atom stereocenters. The van der Waals surface area contributed by atoms with Crippen molar-refractivity contribution in [2.75, 3.05) is 0 Å². The van der Waals surface area contributed by atoms with Crippen LogP contribution in [0.5, 0.6) is 5.75 Å². The topological polar surface area (TPSA) is 52.4 Å². The quantitative estimate of drug-likeness (QED) is 0.603. The Hall–Kier alpha value is -1.59. The van der Waals surface area contributed by atoms with Gasteiger partial charge in [0.2, 0.25) is 0 Å². The molecule has 98 valence electrons. The zero-order valence-electron chi connectivity index (χ0n) is 9.68. The maximum absolute atomic E-state index is 10.6. The van der Waals surface area contributed by atoms with Crippen molar-refractivity contribution in [3.05, 3.63) is 67.6 Å². The maximum Gasteiger partial charge on any atom is 0.270 e. The van der Waals surface area contributed by atoms with Crippen LogP contribution >= 0.6 is 27.5 Å². The lowest BCUT2D eigenvalue weighted by Crippen LogP contribution is -1.97. The molecule has 19 heavy (non-hydrogen) atoms. The number of nitrogens with zero attached hydrogens (tertiary/aromatic N) is 1. The first-order valence-corrected chi connectivity index (χ1v) is 6.54. The first-order valence-electron chi connectivity index (χ1n) is 5.37. The molecule has 0 saturated carbocycles. The predicted molar refractivity (Wildman–Crippen MR) is 76.6 cm³/mol. The second-order valence-electron chi connectivity index (χ2n) is 3.78. The third-order valence-electron chi connectivity index (χ3n) is 2.46. The van der Waals surface area contributed by atoms with Crippen molar-refractivity contribution in [3.8, 4) is 5.75 Å². The van der Waals surface area contributed by atoms with E-state index in [1.807, 2.05) is 24.3 Å². The number of rotatable bonds is 4. The summed E-state index contributed by atoms with van der Waals surface area (Å²) in [4.78, 5) is 10.1. The van der Waals surface area contributed by atoms with Crippen molar-refractivity contribution in [1.29, 1.82) is 0 Å². The van der Waals surface area contributed by atoms with Crippen LogP contribution in [0.25, 0.3) is 0 Å². The van der Waals surface area contributed by atoms with Gasteiger partial charge in [-0.2, -0.15) is 0 Å². The van der Waals surface area contributed by atoms with E-state index < -0.39 is 4.92 Å². The van der Waals surface area contributed by atoms with E-state index >= 15 is 0 Å². The van der Waals surface area contributed by atoms with Crippen molar-refractivity contribution < 1.29 is 9.66 Å². The average Bonchev–Trinajstić information content (AvgIpc) is 2.39. The molecule has 0 atom stereocenters. The largest absolute Gasteiger partial charge is 0.489 e. The van der Waals surface area contributed by atoms with Crippen molar-refractivity contribution in [2.45, 2.75) is 6.61 Å². The molecule has 0 N–H and O–H groups in total. The minimum atomic E-state index is -0.481. The Bertz CT molecular complexity index is 601. The molecule has 0 aliphatic rings. The zero-order valence-corrected chi connectivity index (χ0v) is 12.0. The van der Waals surface area contributed by atoms with Gasteiger partial charge in [-0.15, -0.1) is 0 Å². The van der Waals surface area contributed by atoms with E-state index in [9.17, 15) is 10.1 Å². The number of nitro benzene ring substituents is 1. The van der Waals surface area contributed by atoms with E-state index in [1.54, 1.807) is 6.07 Å². The van der Waals surface area contributed by atoms with E-state index in [1.165, 1.54) is 12.1 Å². The Morgan fingerprint density at radius 2 is 1.89 bits per heavy atom. The van der Waals surface area contributed by atoms with E-state index in [4.69, 9.17) is 16.3 Å². The summed E-state index contributed by atoms with van der Waals surface area (Å²) < 4.78 is 6.52. The molecule has 6 heteroatoms. The second kappa shape index (κ2) is 6.04. The molecule has 2 aromatic carbocycles. The van der Waals surface area contributed by atoms with Crippen LogP contribution in [0.1, 0.15) is 5.56 Å². The molecule has 0 bridgehead atoms. The molecule has 2 rings (SSSR count). The lowest BCUT2D eigenvalue weighted by molar-refractivity contribution is -0.384. The number of benzene rings is 2. The molecule has 0 aliphatic carbocycles. The number of hydrogen-bond acceptors (Lipinski definition) is 3. The highest BCUT2D eigenvalue weighted by Gasteiger charge is 2.09. The van der Waals surface area contributed by atoms with Crippen LogP contribution in [0.4, 0.5) is 5.69 Å². The highest BCUT2D eigenvalue weighted by molar-refractivity contribution is 9.10. The monoisotopic (exact) mass is 341 g/mol. The van der Waals surface area contributed by atoms with Crippen molar-refractivity contribution in [3.63, 3.8) is 0 Å². The Balaban J connectivity index is 2.07. The van der Waals surface area contributed by atoms with Crippen LogP contribution in [0.2, 0.25) is 5.02 Å². The Kier molecular flexibility index (Phi) is 4.39. The summed E-state index contributed by atoms with van der Waals surface area (Å²) in [5.74, 6) is 0.706. The first kappa shape index (κ1) is 13.8. The van der Waals surface area contributed by atoms with Gasteiger partial charge in [0.1, 0.15) is 12.4 Å². The molecule has 0 aliphatic heterocycles. The van der Waals surface area contributed by atoms with Gasteiger partial charge in [0.05, 0.1) is 9.95 Å². The average molecular weight is 343 g/mol. The Morgan fingerprint density at radius 3 is 2.47 bits per heavy atom. The molecular weight excluding hydrogens is 334 g/mol. The standard InChI is InChI=1S/C13H9BrClNO3/c14-10-2-5-12(6-3-10)19-8-9-1-4-11(16(17)18)7-13(9)15/h1-7H,8H2. The molecule has 2 aromatic rings. The van der Waals surface area contributed by atoms with Crippen LogP contribution in [0, 0.1) is 10.1 Å². The van der Waals surface area contributed by atoms with Gasteiger partial charge in [-0.3, -0.25) is 10.1 Å². The van der Waals surface area contributed by atoms with E-state index in [-0.39, 0.29) is 12.3 Å². The molecular formula is C13H9BrClNO3. The number of non-ortho nitro benzene ring substituents is 1. The molecule has 0 saturated heterocycles. The van der Waals surface area contributed by atoms with Crippen molar-refractivity contribution >= 4 is 33.2 Å². The minimum absolute atomic E-state index is 0.0302. The lowest BCUT2D eigenvalue weighted by Gasteiger charge is -2.07. The zero-order chi connectivity index (χ0) is 13.8. The van der Waals surface area contributed by atoms with Gasteiger partial charge in [-0.1, -0.05) is 27.5 Å². The molecule has 0 fully saturated rings. The maximum atomic E-state index is 10.6. The lowest BCUT2D eigenvalue weighted by atomic mass is 10.2. The molecule has 0 spiro atoms. The van der Waals surface area contributed by atoms with Crippen molar-refractivity contribution in [1.82, 2.24) is 0 Å². The number of hydrogen-bond donors (Lipinski definition) is 0. The Labute approximate surface area is 123 Å². The van der Waals surface area contributed by atoms with Gasteiger partial charge in [0.15, 0.2) is 0 Å². The highest BCUT2D eigenvalue weighted by atomic mass is 79.9. The summed E-state index contributed by atoms with van der Waals surface area (Å²) in [7, 11) is 0. The third kappa shape index (κ3) is 3.68.